The van der Waals surface area contributed by atoms with Gasteiger partial charge < -0.3 is 0 Å². The Bertz CT molecular complexity index is 565. The average molecular weight is 251 g/mol. The molecule has 96 valence electrons. The predicted octanol–water partition coefficient (Wildman–Crippen LogP) is 3.52. The van der Waals surface area contributed by atoms with Gasteiger partial charge in [-0.15, -0.1) is 0 Å². The fourth-order valence-electron chi connectivity index (χ4n) is 1.90. The van der Waals surface area contributed by atoms with Crippen LogP contribution in [0.25, 0.3) is 0 Å². The number of nitrogens with zero attached hydrogens (tertiary/aromatic N) is 1. The third-order valence-corrected chi connectivity index (χ3v) is 3.14. The monoisotopic (exact) mass is 251 g/mol. The summed E-state index contributed by atoms with van der Waals surface area (Å²) in [5.74, 6) is 8.22. The van der Waals surface area contributed by atoms with Crippen LogP contribution in [0.2, 0.25) is 0 Å². The summed E-state index contributed by atoms with van der Waals surface area (Å²) in [5, 5.41) is 8.74. The Balaban J connectivity index is 3.09. The van der Waals surface area contributed by atoms with Gasteiger partial charge in [-0.2, -0.15) is 5.26 Å². The lowest BCUT2D eigenvalue weighted by molar-refractivity contribution is 0.478. The topological polar surface area (TPSA) is 40.9 Å². The Morgan fingerprint density at radius 3 is 2.53 bits per heavy atom. The fraction of sp³-hybridized carbons (Fsp3) is 0.353. The molecule has 0 aliphatic carbocycles. The smallest absolute Gasteiger partial charge is 0.125 e. The molecule has 0 spiro atoms. The van der Waals surface area contributed by atoms with Crippen molar-refractivity contribution < 1.29 is 4.79 Å². The number of allylic oxidation sites excluding steroid dienone is 1. The summed E-state index contributed by atoms with van der Waals surface area (Å²) in [6.45, 7) is 3.82. The number of rotatable bonds is 4. The zero-order valence-corrected chi connectivity index (χ0v) is 11.4. The van der Waals surface area contributed by atoms with Crippen LogP contribution in [0, 0.1) is 28.6 Å². The van der Waals surface area contributed by atoms with Crippen molar-refractivity contribution >= 4 is 5.94 Å². The second kappa shape index (κ2) is 7.22. The molecular formula is C17H17NO. The van der Waals surface area contributed by atoms with E-state index in [9.17, 15) is 4.79 Å². The van der Waals surface area contributed by atoms with Gasteiger partial charge in [0.05, 0.1) is 11.5 Å². The first-order chi connectivity index (χ1) is 9.16. The van der Waals surface area contributed by atoms with Gasteiger partial charge in [0, 0.05) is 17.6 Å². The Morgan fingerprint density at radius 2 is 2.00 bits per heavy atom. The molecule has 0 aliphatic rings. The van der Waals surface area contributed by atoms with Crippen molar-refractivity contribution in [1.82, 2.24) is 0 Å². The van der Waals surface area contributed by atoms with E-state index in [1.165, 1.54) is 0 Å². The molecule has 0 saturated heterocycles. The Morgan fingerprint density at radius 1 is 1.32 bits per heavy atom. The quantitative estimate of drug-likeness (QED) is 0.607. The molecule has 0 aliphatic heterocycles. The van der Waals surface area contributed by atoms with Crippen molar-refractivity contribution in [1.29, 1.82) is 5.26 Å². The van der Waals surface area contributed by atoms with Crippen LogP contribution in [0.1, 0.15) is 38.7 Å². The summed E-state index contributed by atoms with van der Waals surface area (Å²) in [6, 6.07) is 11.7. The molecule has 1 unspecified atom stereocenters. The standard InChI is InChI=1S/C17H17NO/c1-3-16(14-19)17(2,11-7-13-18)12-10-15-8-5-4-6-9-15/h4-6,8-9H,3,7,11H2,1-2H3. The minimum absolute atomic E-state index is 0.380. The predicted molar refractivity (Wildman–Crippen MR) is 75.8 cm³/mol. The summed E-state index contributed by atoms with van der Waals surface area (Å²) in [6.07, 6.45) is 1.54. The molecule has 0 aromatic heterocycles. The van der Waals surface area contributed by atoms with E-state index < -0.39 is 5.41 Å². The molecule has 0 fully saturated rings. The highest BCUT2D eigenvalue weighted by atomic mass is 16.1. The maximum Gasteiger partial charge on any atom is 0.125 e. The highest BCUT2D eigenvalue weighted by Gasteiger charge is 2.26. The first kappa shape index (κ1) is 14.8. The van der Waals surface area contributed by atoms with Crippen molar-refractivity contribution in [3.05, 3.63) is 41.5 Å². The van der Waals surface area contributed by atoms with Crippen LogP contribution in [0.15, 0.2) is 35.9 Å². The molecule has 0 N–H and O–H groups in total. The lowest BCUT2D eigenvalue weighted by atomic mass is 9.78. The maximum absolute atomic E-state index is 11.0. The zero-order valence-electron chi connectivity index (χ0n) is 11.4. The van der Waals surface area contributed by atoms with Crippen LogP contribution in [0.3, 0.4) is 0 Å². The molecule has 1 rings (SSSR count). The fourth-order valence-corrected chi connectivity index (χ4v) is 1.90. The molecule has 2 heteroatoms. The summed E-state index contributed by atoms with van der Waals surface area (Å²) in [4.78, 5) is 11.0. The van der Waals surface area contributed by atoms with E-state index in [2.05, 4.69) is 17.9 Å². The van der Waals surface area contributed by atoms with Crippen molar-refractivity contribution in [2.45, 2.75) is 33.1 Å². The van der Waals surface area contributed by atoms with Crippen molar-refractivity contribution in [3.8, 4) is 17.9 Å². The summed E-state index contributed by atoms with van der Waals surface area (Å²) >= 11 is 0. The van der Waals surface area contributed by atoms with Crippen LogP contribution in [-0.4, -0.2) is 5.94 Å². The van der Waals surface area contributed by atoms with Gasteiger partial charge in [0.2, 0.25) is 0 Å². The van der Waals surface area contributed by atoms with E-state index in [4.69, 9.17) is 5.26 Å². The van der Waals surface area contributed by atoms with Gasteiger partial charge in [0.1, 0.15) is 5.94 Å². The van der Waals surface area contributed by atoms with Crippen LogP contribution < -0.4 is 0 Å². The van der Waals surface area contributed by atoms with Crippen molar-refractivity contribution in [3.63, 3.8) is 0 Å². The first-order valence-corrected chi connectivity index (χ1v) is 6.36. The summed E-state index contributed by atoms with van der Waals surface area (Å²) in [5.41, 5.74) is 0.973. The van der Waals surface area contributed by atoms with Gasteiger partial charge in [-0.1, -0.05) is 37.0 Å². The lowest BCUT2D eigenvalue weighted by Gasteiger charge is -2.22. The second-order valence-corrected chi connectivity index (χ2v) is 4.54. The maximum atomic E-state index is 11.0. The third kappa shape index (κ3) is 4.14. The number of hydrogen-bond donors (Lipinski definition) is 0. The van der Waals surface area contributed by atoms with Gasteiger partial charge in [0.25, 0.3) is 0 Å². The molecule has 0 radical (unpaired) electrons. The molecule has 2 nitrogen and oxygen atoms in total. The van der Waals surface area contributed by atoms with Crippen LogP contribution in [0.4, 0.5) is 0 Å². The van der Waals surface area contributed by atoms with Crippen LogP contribution >= 0.6 is 0 Å². The number of nitriles is 1. The third-order valence-electron chi connectivity index (χ3n) is 3.14. The van der Waals surface area contributed by atoms with Gasteiger partial charge >= 0.3 is 0 Å². The minimum Gasteiger partial charge on any atom is -0.233 e. The van der Waals surface area contributed by atoms with E-state index >= 15 is 0 Å². The van der Waals surface area contributed by atoms with E-state index in [-0.39, 0.29) is 0 Å². The minimum atomic E-state index is -0.567. The van der Waals surface area contributed by atoms with E-state index in [1.807, 2.05) is 50.1 Å². The Labute approximate surface area is 114 Å². The van der Waals surface area contributed by atoms with Gasteiger partial charge in [-0.3, -0.25) is 0 Å². The largest absolute Gasteiger partial charge is 0.233 e. The SMILES string of the molecule is CCC(=C=O)C(C)(C#Cc1ccccc1)CCC#N. The van der Waals surface area contributed by atoms with Gasteiger partial charge in [0.15, 0.2) is 0 Å². The van der Waals surface area contributed by atoms with E-state index in [0.29, 0.717) is 24.8 Å². The average Bonchev–Trinajstić information content (AvgIpc) is 2.45. The molecule has 1 aromatic carbocycles. The molecule has 19 heavy (non-hydrogen) atoms. The molecule has 1 atom stereocenters. The van der Waals surface area contributed by atoms with E-state index in [1.54, 1.807) is 0 Å². The lowest BCUT2D eigenvalue weighted by Crippen LogP contribution is -2.17. The normalized spacial score (nSPS) is 12.3. The first-order valence-electron chi connectivity index (χ1n) is 6.36. The number of hydrogen-bond acceptors (Lipinski definition) is 2. The van der Waals surface area contributed by atoms with Crippen molar-refractivity contribution in [2.75, 3.05) is 0 Å². The Kier molecular flexibility index (Phi) is 5.62. The van der Waals surface area contributed by atoms with E-state index in [0.717, 1.165) is 5.56 Å². The Hall–Kier alpha value is -2.28. The summed E-state index contributed by atoms with van der Waals surface area (Å²) in [7, 11) is 0. The second-order valence-electron chi connectivity index (χ2n) is 4.54. The number of carbonyl (C=O) groups excluding carboxylic acids is 1. The molecule has 0 heterocycles. The molecule has 1 aromatic rings. The van der Waals surface area contributed by atoms with Crippen LogP contribution in [-0.2, 0) is 4.79 Å². The zero-order chi connectivity index (χ0) is 14.1. The molecule has 0 amide bonds. The molecule has 0 saturated carbocycles. The molecule has 0 bridgehead atoms. The number of benzene rings is 1. The highest BCUT2D eigenvalue weighted by Crippen LogP contribution is 2.32. The van der Waals surface area contributed by atoms with Crippen molar-refractivity contribution in [2.24, 2.45) is 5.41 Å². The summed E-state index contributed by atoms with van der Waals surface area (Å²) < 4.78 is 0. The van der Waals surface area contributed by atoms with Crippen LogP contribution in [0.5, 0.6) is 0 Å². The highest BCUT2D eigenvalue weighted by molar-refractivity contribution is 5.57. The van der Waals surface area contributed by atoms with Gasteiger partial charge in [-0.05, 0) is 31.9 Å². The van der Waals surface area contributed by atoms with Gasteiger partial charge in [-0.25, -0.2) is 4.79 Å². The molecular weight excluding hydrogens is 234 g/mol.